The first-order valence-corrected chi connectivity index (χ1v) is 7.14. The average Bonchev–Trinajstić information content (AvgIpc) is 2.96. The zero-order valence-corrected chi connectivity index (χ0v) is 12.4. The maximum absolute atomic E-state index is 10.6. The van der Waals surface area contributed by atoms with Crippen molar-refractivity contribution in [2.45, 2.75) is 32.4 Å². The molecule has 20 heavy (non-hydrogen) atoms. The highest BCUT2D eigenvalue weighted by molar-refractivity contribution is 6.33. The highest BCUT2D eigenvalue weighted by atomic mass is 35.5. The Hall–Kier alpha value is -1.39. The van der Waals surface area contributed by atoms with E-state index in [4.69, 9.17) is 11.6 Å². The van der Waals surface area contributed by atoms with Crippen LogP contribution >= 0.6 is 11.6 Å². The molecule has 0 aliphatic heterocycles. The van der Waals surface area contributed by atoms with Crippen molar-refractivity contribution in [3.8, 4) is 0 Å². The van der Waals surface area contributed by atoms with E-state index in [1.165, 1.54) is 6.33 Å². The Labute approximate surface area is 123 Å². The minimum atomic E-state index is -0.428. The third-order valence-corrected chi connectivity index (χ3v) is 5.18. The number of rotatable bonds is 2. The summed E-state index contributed by atoms with van der Waals surface area (Å²) < 4.78 is 2.01. The molecule has 0 saturated heterocycles. The van der Waals surface area contributed by atoms with Gasteiger partial charge in [-0.2, -0.15) is 0 Å². The fourth-order valence-electron chi connectivity index (χ4n) is 3.22. The van der Waals surface area contributed by atoms with Crippen molar-refractivity contribution >= 4 is 22.6 Å². The summed E-state index contributed by atoms with van der Waals surface area (Å²) in [6.45, 7) is 8.13. The van der Waals surface area contributed by atoms with Crippen LogP contribution in [0.4, 0.5) is 0 Å². The summed E-state index contributed by atoms with van der Waals surface area (Å²) in [6.07, 6.45) is 5.75. The van der Waals surface area contributed by atoms with Gasteiger partial charge in [-0.1, -0.05) is 31.5 Å². The Morgan fingerprint density at radius 2 is 2.30 bits per heavy atom. The molecular formula is C15H18ClN3O. The number of allylic oxidation sites excluding steroid dienone is 1. The first kappa shape index (κ1) is 13.6. The van der Waals surface area contributed by atoms with Crippen LogP contribution in [0, 0.1) is 11.3 Å². The van der Waals surface area contributed by atoms with E-state index in [1.807, 2.05) is 22.9 Å². The van der Waals surface area contributed by atoms with E-state index in [9.17, 15) is 5.11 Å². The van der Waals surface area contributed by atoms with Gasteiger partial charge in [-0.3, -0.25) is 0 Å². The summed E-state index contributed by atoms with van der Waals surface area (Å²) in [6, 6.07) is 1.88. The largest absolute Gasteiger partial charge is 0.391 e. The summed E-state index contributed by atoms with van der Waals surface area (Å²) >= 11 is 6.08. The van der Waals surface area contributed by atoms with Crippen LogP contribution in [0.2, 0.25) is 5.15 Å². The van der Waals surface area contributed by atoms with Crippen molar-refractivity contribution in [1.29, 1.82) is 0 Å². The van der Waals surface area contributed by atoms with Gasteiger partial charge in [0.2, 0.25) is 0 Å². The molecule has 1 N–H and O–H groups in total. The maximum Gasteiger partial charge on any atom is 0.145 e. The first-order chi connectivity index (χ1) is 9.48. The Bertz CT molecular complexity index is 668. The highest BCUT2D eigenvalue weighted by Gasteiger charge is 2.47. The van der Waals surface area contributed by atoms with Crippen LogP contribution in [0.15, 0.2) is 31.2 Å². The van der Waals surface area contributed by atoms with Crippen LogP contribution in [0.25, 0.3) is 11.0 Å². The lowest BCUT2D eigenvalue weighted by molar-refractivity contribution is 0.0885. The molecule has 2 aromatic rings. The van der Waals surface area contributed by atoms with Gasteiger partial charge in [-0.05, 0) is 23.8 Å². The van der Waals surface area contributed by atoms with E-state index in [1.54, 1.807) is 0 Å². The zero-order chi connectivity index (χ0) is 14.5. The second-order valence-electron chi connectivity index (χ2n) is 5.89. The number of aliphatic hydroxyl groups excluding tert-OH is 1. The van der Waals surface area contributed by atoms with E-state index >= 15 is 0 Å². The molecular weight excluding hydrogens is 274 g/mol. The Morgan fingerprint density at radius 3 is 2.95 bits per heavy atom. The molecule has 4 atom stereocenters. The standard InChI is InChI=1S/C15H18ClN3O/c1-4-15(3)7-11(12(20)9(15)2)19-6-5-10-13(16)17-8-18-14(10)19/h4-6,8-9,11-12,20H,1,7H2,2-3H3/t9-,11+,12+,15-/m0/s1. The maximum atomic E-state index is 10.6. The molecule has 0 bridgehead atoms. The van der Waals surface area contributed by atoms with Crippen molar-refractivity contribution in [2.24, 2.45) is 11.3 Å². The van der Waals surface area contributed by atoms with Gasteiger partial charge in [-0.25, -0.2) is 9.97 Å². The highest BCUT2D eigenvalue weighted by Crippen LogP contribution is 2.49. The van der Waals surface area contributed by atoms with Crippen molar-refractivity contribution in [3.05, 3.63) is 36.4 Å². The number of hydrogen-bond acceptors (Lipinski definition) is 3. The van der Waals surface area contributed by atoms with Crippen molar-refractivity contribution in [3.63, 3.8) is 0 Å². The number of aliphatic hydroxyl groups is 1. The lowest BCUT2D eigenvalue weighted by Gasteiger charge is -2.25. The predicted molar refractivity (Wildman–Crippen MR) is 79.7 cm³/mol. The van der Waals surface area contributed by atoms with Crippen molar-refractivity contribution < 1.29 is 5.11 Å². The zero-order valence-electron chi connectivity index (χ0n) is 11.6. The normalized spacial score (nSPS) is 33.7. The Balaban J connectivity index is 2.08. The van der Waals surface area contributed by atoms with E-state index in [-0.39, 0.29) is 17.4 Å². The van der Waals surface area contributed by atoms with Gasteiger partial charge in [0.25, 0.3) is 0 Å². The Kier molecular flexibility index (Phi) is 3.10. The van der Waals surface area contributed by atoms with Crippen LogP contribution in [0.5, 0.6) is 0 Å². The van der Waals surface area contributed by atoms with Crippen molar-refractivity contribution in [2.75, 3.05) is 0 Å². The third-order valence-electron chi connectivity index (χ3n) is 4.88. The van der Waals surface area contributed by atoms with Gasteiger partial charge in [0.05, 0.1) is 17.5 Å². The Morgan fingerprint density at radius 1 is 1.55 bits per heavy atom. The molecule has 1 saturated carbocycles. The summed E-state index contributed by atoms with van der Waals surface area (Å²) in [5.41, 5.74) is 0.701. The molecule has 4 nitrogen and oxygen atoms in total. The molecule has 0 spiro atoms. The molecule has 0 amide bonds. The quantitative estimate of drug-likeness (QED) is 0.683. The molecule has 2 heterocycles. The van der Waals surface area contributed by atoms with Gasteiger partial charge < -0.3 is 9.67 Å². The number of aromatic nitrogens is 3. The van der Waals surface area contributed by atoms with Gasteiger partial charge in [0.1, 0.15) is 17.1 Å². The molecule has 0 unspecified atom stereocenters. The lowest BCUT2D eigenvalue weighted by Crippen LogP contribution is -2.25. The first-order valence-electron chi connectivity index (χ1n) is 6.76. The van der Waals surface area contributed by atoms with Crippen LogP contribution in [0.3, 0.4) is 0 Å². The van der Waals surface area contributed by atoms with Gasteiger partial charge >= 0.3 is 0 Å². The van der Waals surface area contributed by atoms with E-state index in [0.29, 0.717) is 5.15 Å². The van der Waals surface area contributed by atoms with Crippen LogP contribution in [-0.2, 0) is 0 Å². The molecule has 1 fully saturated rings. The van der Waals surface area contributed by atoms with Crippen molar-refractivity contribution in [1.82, 2.24) is 14.5 Å². The minimum absolute atomic E-state index is 0.0172. The molecule has 1 aliphatic carbocycles. The van der Waals surface area contributed by atoms with Gasteiger partial charge in [0.15, 0.2) is 0 Å². The smallest absolute Gasteiger partial charge is 0.145 e. The third kappa shape index (κ3) is 1.79. The second kappa shape index (κ2) is 4.57. The van der Waals surface area contributed by atoms with E-state index < -0.39 is 6.10 Å². The summed E-state index contributed by atoms with van der Waals surface area (Å²) in [5, 5.41) is 11.8. The second-order valence-corrected chi connectivity index (χ2v) is 6.24. The molecule has 106 valence electrons. The van der Waals surface area contributed by atoms with Crippen LogP contribution in [-0.4, -0.2) is 25.7 Å². The van der Waals surface area contributed by atoms with Crippen LogP contribution in [0.1, 0.15) is 26.3 Å². The monoisotopic (exact) mass is 291 g/mol. The predicted octanol–water partition coefficient (Wildman–Crippen LogP) is 3.22. The number of halogens is 1. The average molecular weight is 292 g/mol. The lowest BCUT2D eigenvalue weighted by atomic mass is 9.81. The topological polar surface area (TPSA) is 50.9 Å². The van der Waals surface area contributed by atoms with Crippen LogP contribution < -0.4 is 0 Å². The summed E-state index contributed by atoms with van der Waals surface area (Å²) in [7, 11) is 0. The fraction of sp³-hybridized carbons (Fsp3) is 0.467. The van der Waals surface area contributed by atoms with E-state index in [2.05, 4.69) is 30.4 Å². The molecule has 1 aliphatic rings. The summed E-state index contributed by atoms with van der Waals surface area (Å²) in [4.78, 5) is 8.30. The summed E-state index contributed by atoms with van der Waals surface area (Å²) in [5.74, 6) is 0.153. The fourth-order valence-corrected chi connectivity index (χ4v) is 3.41. The minimum Gasteiger partial charge on any atom is -0.391 e. The van der Waals surface area contributed by atoms with E-state index in [0.717, 1.165) is 17.5 Å². The number of nitrogens with zero attached hydrogens (tertiary/aromatic N) is 3. The number of hydrogen-bond donors (Lipinski definition) is 1. The number of fused-ring (bicyclic) bond motifs is 1. The van der Waals surface area contributed by atoms with Gasteiger partial charge in [-0.15, -0.1) is 6.58 Å². The molecule has 2 aromatic heterocycles. The molecule has 5 heteroatoms. The SMILES string of the molecule is C=C[C@@]1(C)C[C@@H](n2ccc3c(Cl)ncnc32)[C@H](O)[C@@H]1C. The molecule has 0 radical (unpaired) electrons. The van der Waals surface area contributed by atoms with Gasteiger partial charge in [0, 0.05) is 6.20 Å². The molecule has 3 rings (SSSR count). The molecule has 0 aromatic carbocycles.